The van der Waals surface area contributed by atoms with Gasteiger partial charge in [0.05, 0.1) is 12.1 Å². The maximum absolute atomic E-state index is 10.3. The minimum Gasteiger partial charge on any atom is -0.492 e. The van der Waals surface area contributed by atoms with Gasteiger partial charge < -0.3 is 20.5 Å². The van der Waals surface area contributed by atoms with Gasteiger partial charge in [-0.3, -0.25) is 0 Å². The average molecular weight is 262 g/mol. The summed E-state index contributed by atoms with van der Waals surface area (Å²) < 4.78 is 5.42. The van der Waals surface area contributed by atoms with Gasteiger partial charge in [0.2, 0.25) is 5.95 Å². The van der Waals surface area contributed by atoms with Gasteiger partial charge in [0.15, 0.2) is 0 Å². The number of amides is 1. The highest BCUT2D eigenvalue weighted by Gasteiger charge is 2.01. The Balaban J connectivity index is 2.03. The summed E-state index contributed by atoms with van der Waals surface area (Å²) in [6.45, 7) is 0.510. The minimum absolute atomic E-state index is 0.239. The van der Waals surface area contributed by atoms with Gasteiger partial charge in [0.25, 0.3) is 0 Å². The van der Waals surface area contributed by atoms with E-state index in [-0.39, 0.29) is 13.2 Å². The number of hydrogen-bond acceptors (Lipinski definition) is 5. The Bertz CT molecular complexity index is 588. The van der Waals surface area contributed by atoms with Gasteiger partial charge in [-0.15, -0.1) is 0 Å². The van der Waals surface area contributed by atoms with E-state index in [1.54, 1.807) is 19.3 Å². The van der Waals surface area contributed by atoms with Gasteiger partial charge >= 0.3 is 6.09 Å². The third kappa shape index (κ3) is 3.44. The quantitative estimate of drug-likeness (QED) is 0.703. The van der Waals surface area contributed by atoms with Crippen molar-refractivity contribution < 1.29 is 14.6 Å². The second-order valence-electron chi connectivity index (χ2n) is 3.74. The molecule has 7 nitrogen and oxygen atoms in total. The smallest absolute Gasteiger partial charge is 0.404 e. The molecule has 1 aromatic carbocycles. The molecule has 0 saturated heterocycles. The molecule has 1 heterocycles. The van der Waals surface area contributed by atoms with E-state index in [2.05, 4.69) is 20.6 Å². The van der Waals surface area contributed by atoms with Crippen LogP contribution in [-0.2, 0) is 0 Å². The fourth-order valence-electron chi connectivity index (χ4n) is 1.55. The van der Waals surface area contributed by atoms with Crippen LogP contribution in [0.4, 0.5) is 10.7 Å². The van der Waals surface area contributed by atoms with Crippen LogP contribution in [0.5, 0.6) is 5.75 Å². The number of anilines is 1. The SMILES string of the molecule is CNc1ncc2cc(OCCNC(=O)O)ccc2n1. The lowest BCUT2D eigenvalue weighted by molar-refractivity contribution is 0.191. The molecule has 0 atom stereocenters. The molecule has 1 amide bonds. The standard InChI is InChI=1S/C12H14N4O3/c1-13-11-15-7-8-6-9(2-3-10(8)16-11)19-5-4-14-12(17)18/h2-3,6-7,14H,4-5H2,1H3,(H,17,18)(H,13,15,16). The molecule has 0 aliphatic rings. The highest BCUT2D eigenvalue weighted by atomic mass is 16.5. The third-order valence-corrected chi connectivity index (χ3v) is 2.42. The van der Waals surface area contributed by atoms with Crippen LogP contribution >= 0.6 is 0 Å². The van der Waals surface area contributed by atoms with Crippen molar-refractivity contribution in [2.24, 2.45) is 0 Å². The molecule has 100 valence electrons. The number of ether oxygens (including phenoxy) is 1. The Morgan fingerprint density at radius 3 is 3.05 bits per heavy atom. The lowest BCUT2D eigenvalue weighted by atomic mass is 10.2. The zero-order valence-electron chi connectivity index (χ0n) is 10.4. The number of hydrogen-bond donors (Lipinski definition) is 3. The molecule has 19 heavy (non-hydrogen) atoms. The number of carbonyl (C=O) groups is 1. The maximum atomic E-state index is 10.3. The number of aromatic nitrogens is 2. The molecule has 0 aliphatic carbocycles. The van der Waals surface area contributed by atoms with Gasteiger partial charge in [-0.2, -0.15) is 0 Å². The van der Waals surface area contributed by atoms with Crippen LogP contribution in [0.25, 0.3) is 10.9 Å². The first-order valence-electron chi connectivity index (χ1n) is 5.73. The molecule has 0 aliphatic heterocycles. The van der Waals surface area contributed by atoms with Gasteiger partial charge in [0, 0.05) is 18.6 Å². The van der Waals surface area contributed by atoms with Crippen LogP contribution in [-0.4, -0.2) is 41.4 Å². The van der Waals surface area contributed by atoms with Crippen LogP contribution < -0.4 is 15.4 Å². The van der Waals surface area contributed by atoms with Crippen LogP contribution in [0.15, 0.2) is 24.4 Å². The van der Waals surface area contributed by atoms with Crippen molar-refractivity contribution in [2.75, 3.05) is 25.5 Å². The van der Waals surface area contributed by atoms with E-state index in [1.807, 2.05) is 12.1 Å². The van der Waals surface area contributed by atoms with Crippen molar-refractivity contribution in [1.29, 1.82) is 0 Å². The number of nitrogens with zero attached hydrogens (tertiary/aromatic N) is 2. The highest BCUT2D eigenvalue weighted by Crippen LogP contribution is 2.19. The summed E-state index contributed by atoms with van der Waals surface area (Å²) in [4.78, 5) is 18.7. The summed E-state index contributed by atoms with van der Waals surface area (Å²) in [5.41, 5.74) is 0.815. The van der Waals surface area contributed by atoms with Crippen molar-refractivity contribution in [3.8, 4) is 5.75 Å². The Morgan fingerprint density at radius 2 is 2.32 bits per heavy atom. The molecule has 0 radical (unpaired) electrons. The molecule has 0 saturated carbocycles. The van der Waals surface area contributed by atoms with Crippen LogP contribution in [0.1, 0.15) is 0 Å². The first-order valence-corrected chi connectivity index (χ1v) is 5.73. The Morgan fingerprint density at radius 1 is 1.47 bits per heavy atom. The lowest BCUT2D eigenvalue weighted by Gasteiger charge is -2.07. The van der Waals surface area contributed by atoms with Gasteiger partial charge in [-0.05, 0) is 18.2 Å². The minimum atomic E-state index is -1.06. The molecule has 0 spiro atoms. The summed E-state index contributed by atoms with van der Waals surface area (Å²) in [7, 11) is 1.76. The number of nitrogens with one attached hydrogen (secondary N) is 2. The van der Waals surface area contributed by atoms with E-state index in [0.29, 0.717) is 11.7 Å². The van der Waals surface area contributed by atoms with Crippen molar-refractivity contribution in [3.63, 3.8) is 0 Å². The summed E-state index contributed by atoms with van der Waals surface area (Å²) in [5.74, 6) is 1.22. The van der Waals surface area contributed by atoms with Gasteiger partial charge in [-0.1, -0.05) is 0 Å². The normalized spacial score (nSPS) is 10.2. The first-order chi connectivity index (χ1) is 9.19. The largest absolute Gasteiger partial charge is 0.492 e. The van der Waals surface area contributed by atoms with Crippen molar-refractivity contribution in [3.05, 3.63) is 24.4 Å². The predicted octanol–water partition coefficient (Wildman–Crippen LogP) is 1.32. The molecule has 2 aromatic rings. The Hall–Kier alpha value is -2.57. The molecular weight excluding hydrogens is 248 g/mol. The van der Waals surface area contributed by atoms with E-state index in [1.165, 1.54) is 0 Å². The van der Waals surface area contributed by atoms with Crippen LogP contribution in [0.2, 0.25) is 0 Å². The maximum Gasteiger partial charge on any atom is 0.404 e. The van der Waals surface area contributed by atoms with E-state index in [4.69, 9.17) is 9.84 Å². The number of benzene rings is 1. The molecular formula is C12H14N4O3. The fourth-order valence-corrected chi connectivity index (χ4v) is 1.55. The number of rotatable bonds is 5. The van der Waals surface area contributed by atoms with E-state index in [0.717, 1.165) is 10.9 Å². The molecule has 3 N–H and O–H groups in total. The predicted molar refractivity (Wildman–Crippen MR) is 70.6 cm³/mol. The average Bonchev–Trinajstić information content (AvgIpc) is 2.42. The number of fused-ring (bicyclic) bond motifs is 1. The van der Waals surface area contributed by atoms with E-state index >= 15 is 0 Å². The monoisotopic (exact) mass is 262 g/mol. The highest BCUT2D eigenvalue weighted by molar-refractivity contribution is 5.80. The zero-order valence-corrected chi connectivity index (χ0v) is 10.4. The lowest BCUT2D eigenvalue weighted by Crippen LogP contribution is -2.26. The second-order valence-corrected chi connectivity index (χ2v) is 3.74. The van der Waals surface area contributed by atoms with Crippen LogP contribution in [0, 0.1) is 0 Å². The van der Waals surface area contributed by atoms with Crippen molar-refractivity contribution in [1.82, 2.24) is 15.3 Å². The summed E-state index contributed by atoms with van der Waals surface area (Å²) >= 11 is 0. The molecule has 0 fully saturated rings. The van der Waals surface area contributed by atoms with Gasteiger partial charge in [0.1, 0.15) is 12.4 Å². The van der Waals surface area contributed by atoms with Gasteiger partial charge in [-0.25, -0.2) is 14.8 Å². The van der Waals surface area contributed by atoms with E-state index < -0.39 is 6.09 Å². The summed E-state index contributed by atoms with van der Waals surface area (Å²) in [6, 6.07) is 5.43. The van der Waals surface area contributed by atoms with Crippen LogP contribution in [0.3, 0.4) is 0 Å². The topological polar surface area (TPSA) is 96.4 Å². The second kappa shape index (κ2) is 5.85. The molecule has 0 bridgehead atoms. The summed E-state index contributed by atoms with van der Waals surface area (Å²) in [5, 5.41) is 14.4. The molecule has 7 heteroatoms. The van der Waals surface area contributed by atoms with Crippen molar-refractivity contribution >= 4 is 22.9 Å². The summed E-state index contributed by atoms with van der Waals surface area (Å²) in [6.07, 6.45) is 0.645. The fraction of sp³-hybridized carbons (Fsp3) is 0.250. The zero-order chi connectivity index (χ0) is 13.7. The first kappa shape index (κ1) is 12.9. The Kier molecular flexibility index (Phi) is 3.97. The van der Waals surface area contributed by atoms with E-state index in [9.17, 15) is 4.79 Å². The van der Waals surface area contributed by atoms with Crippen molar-refractivity contribution in [2.45, 2.75) is 0 Å². The molecule has 1 aromatic heterocycles. The molecule has 0 unspecified atom stereocenters. The Labute approximate surface area is 109 Å². The number of carboxylic acid groups (broad SMARTS) is 1. The molecule has 2 rings (SSSR count). The third-order valence-electron chi connectivity index (χ3n) is 2.42.